The highest BCUT2D eigenvalue weighted by molar-refractivity contribution is 9.10. The molecule has 5 rings (SSSR count). The van der Waals surface area contributed by atoms with Gasteiger partial charge in [0, 0.05) is 46.8 Å². The summed E-state index contributed by atoms with van der Waals surface area (Å²) in [5.41, 5.74) is 5.22. The van der Waals surface area contributed by atoms with Crippen molar-refractivity contribution >= 4 is 50.5 Å². The summed E-state index contributed by atoms with van der Waals surface area (Å²) in [5.74, 6) is 0.682. The molecule has 0 unspecified atom stereocenters. The van der Waals surface area contributed by atoms with Gasteiger partial charge in [-0.2, -0.15) is 5.10 Å². The van der Waals surface area contributed by atoms with E-state index in [1.807, 2.05) is 37.3 Å². The third kappa shape index (κ3) is 3.79. The lowest BCUT2D eigenvalue weighted by atomic mass is 9.96. The molecule has 0 N–H and O–H groups in total. The van der Waals surface area contributed by atoms with Gasteiger partial charge in [-0.05, 0) is 42.0 Å². The molecule has 0 bridgehead atoms. The number of halogens is 3. The molecule has 0 saturated carbocycles. The Kier molecular flexibility index (Phi) is 5.37. The van der Waals surface area contributed by atoms with Crippen LogP contribution in [-0.4, -0.2) is 24.8 Å². The van der Waals surface area contributed by atoms with Crippen molar-refractivity contribution in [1.29, 1.82) is 0 Å². The van der Waals surface area contributed by atoms with Gasteiger partial charge in [0.15, 0.2) is 0 Å². The zero-order valence-electron chi connectivity index (χ0n) is 17.0. The van der Waals surface area contributed by atoms with Crippen molar-refractivity contribution in [3.63, 3.8) is 0 Å². The monoisotopic (exact) mass is 515 g/mol. The third-order valence-electron chi connectivity index (χ3n) is 5.68. The molecule has 0 aromatic heterocycles. The minimum absolute atomic E-state index is 0.00266. The first-order valence-corrected chi connectivity index (χ1v) is 11.5. The Morgan fingerprint density at radius 2 is 1.74 bits per heavy atom. The second-order valence-corrected chi connectivity index (χ2v) is 9.67. The van der Waals surface area contributed by atoms with E-state index >= 15 is 0 Å². The van der Waals surface area contributed by atoms with Gasteiger partial charge >= 0.3 is 0 Å². The first-order chi connectivity index (χ1) is 14.9. The predicted molar refractivity (Wildman–Crippen MR) is 130 cm³/mol. The van der Waals surface area contributed by atoms with Gasteiger partial charge in [-0.25, -0.2) is 5.01 Å². The van der Waals surface area contributed by atoms with E-state index in [0.717, 1.165) is 39.0 Å². The molecule has 0 radical (unpaired) electrons. The summed E-state index contributed by atoms with van der Waals surface area (Å²) in [5, 5.41) is 8.15. The molecule has 2 aliphatic rings. The third-order valence-corrected chi connectivity index (χ3v) is 6.71. The van der Waals surface area contributed by atoms with E-state index in [9.17, 15) is 0 Å². The Balaban J connectivity index is 1.59. The second-order valence-electron chi connectivity index (χ2n) is 7.92. The highest BCUT2D eigenvalue weighted by atomic mass is 79.9. The van der Waals surface area contributed by atoms with Crippen LogP contribution < -0.4 is 9.64 Å². The van der Waals surface area contributed by atoms with Gasteiger partial charge in [-0.15, -0.1) is 0 Å². The SMILES string of the molecule is CN(C)c1ccc([C@H]2Oc3c(Cl)cc(Cl)cc3[C@H]3CC(c4ccc(Br)cc4)=NN32)cc1. The van der Waals surface area contributed by atoms with Crippen molar-refractivity contribution in [2.45, 2.75) is 18.7 Å². The molecule has 2 aliphatic heterocycles. The number of anilines is 1. The van der Waals surface area contributed by atoms with Gasteiger partial charge in [0.25, 0.3) is 0 Å². The van der Waals surface area contributed by atoms with Gasteiger partial charge in [0.1, 0.15) is 5.75 Å². The molecule has 3 aromatic carbocycles. The standard InChI is InChI=1S/C24H20BrCl2N3O/c1-29(2)18-9-5-15(6-10-18)24-30-22(19-11-17(26)12-20(27)23(19)31-24)13-21(28-30)14-3-7-16(25)8-4-14/h3-12,22,24H,13H2,1-2H3/t22-,24-/m1/s1. The molecule has 2 atom stereocenters. The Morgan fingerprint density at radius 1 is 1.03 bits per heavy atom. The predicted octanol–water partition coefficient (Wildman–Crippen LogP) is 7.06. The van der Waals surface area contributed by atoms with Crippen LogP contribution in [0, 0.1) is 0 Å². The fraction of sp³-hybridized carbons (Fsp3) is 0.208. The highest BCUT2D eigenvalue weighted by Crippen LogP contribution is 2.50. The van der Waals surface area contributed by atoms with Crippen molar-refractivity contribution in [2.75, 3.05) is 19.0 Å². The van der Waals surface area contributed by atoms with Crippen LogP contribution in [0.1, 0.15) is 35.4 Å². The molecule has 0 aliphatic carbocycles. The maximum atomic E-state index is 6.55. The van der Waals surface area contributed by atoms with E-state index < -0.39 is 0 Å². The van der Waals surface area contributed by atoms with Crippen molar-refractivity contribution in [3.05, 3.63) is 91.9 Å². The normalized spacial score (nSPS) is 19.4. The summed E-state index contributed by atoms with van der Waals surface area (Å²) < 4.78 is 7.47. The van der Waals surface area contributed by atoms with E-state index in [4.69, 9.17) is 33.0 Å². The van der Waals surface area contributed by atoms with Gasteiger partial charge in [0.05, 0.1) is 16.8 Å². The largest absolute Gasteiger partial charge is 0.463 e. The number of hydrogen-bond acceptors (Lipinski definition) is 4. The number of hydrazone groups is 1. The van der Waals surface area contributed by atoms with Crippen LogP contribution in [-0.2, 0) is 0 Å². The van der Waals surface area contributed by atoms with Gasteiger partial charge in [-0.1, -0.05) is 63.4 Å². The summed E-state index contributed by atoms with van der Waals surface area (Å²) in [6.07, 6.45) is 0.376. The average Bonchev–Trinajstić information content (AvgIpc) is 3.19. The fourth-order valence-electron chi connectivity index (χ4n) is 4.09. The Bertz CT molecular complexity index is 1160. The zero-order chi connectivity index (χ0) is 21.7. The minimum atomic E-state index is -0.375. The lowest BCUT2D eigenvalue weighted by Crippen LogP contribution is -2.33. The van der Waals surface area contributed by atoms with Crippen LogP contribution >= 0.6 is 39.1 Å². The number of rotatable bonds is 3. The molecule has 3 aromatic rings. The fourth-order valence-corrected chi connectivity index (χ4v) is 4.91. The highest BCUT2D eigenvalue weighted by Gasteiger charge is 2.42. The molecule has 7 heteroatoms. The Morgan fingerprint density at radius 3 is 2.42 bits per heavy atom. The maximum absolute atomic E-state index is 6.55. The van der Waals surface area contributed by atoms with Gasteiger partial charge in [-0.3, -0.25) is 0 Å². The summed E-state index contributed by atoms with van der Waals surface area (Å²) in [4.78, 5) is 2.07. The van der Waals surface area contributed by atoms with Crippen LogP contribution in [0.25, 0.3) is 0 Å². The van der Waals surface area contributed by atoms with Crippen molar-refractivity contribution in [3.8, 4) is 5.75 Å². The molecule has 158 valence electrons. The van der Waals surface area contributed by atoms with Crippen molar-refractivity contribution in [2.24, 2.45) is 5.10 Å². The Labute approximate surface area is 200 Å². The second kappa shape index (κ2) is 8.05. The van der Waals surface area contributed by atoms with Crippen LogP contribution in [0.2, 0.25) is 10.0 Å². The average molecular weight is 517 g/mol. The van der Waals surface area contributed by atoms with E-state index in [2.05, 4.69) is 57.2 Å². The maximum Gasteiger partial charge on any atom is 0.213 e. The molecule has 0 spiro atoms. The molecule has 0 fully saturated rings. The molecular formula is C24H20BrCl2N3O. The zero-order valence-corrected chi connectivity index (χ0v) is 20.1. The van der Waals surface area contributed by atoms with E-state index in [0.29, 0.717) is 15.8 Å². The summed E-state index contributed by atoms with van der Waals surface area (Å²) >= 11 is 16.4. The lowest BCUT2D eigenvalue weighted by molar-refractivity contribution is -0.0189. The van der Waals surface area contributed by atoms with Crippen molar-refractivity contribution in [1.82, 2.24) is 5.01 Å². The number of nitrogens with zero attached hydrogens (tertiary/aromatic N) is 3. The first kappa shape index (κ1) is 20.7. The van der Waals surface area contributed by atoms with Crippen LogP contribution in [0.15, 0.2) is 70.2 Å². The summed E-state index contributed by atoms with van der Waals surface area (Å²) in [6, 6.07) is 20.2. The topological polar surface area (TPSA) is 28.1 Å². The number of ether oxygens (including phenoxy) is 1. The van der Waals surface area contributed by atoms with E-state index in [1.165, 1.54) is 0 Å². The molecule has 2 heterocycles. The number of benzene rings is 3. The number of fused-ring (bicyclic) bond motifs is 3. The molecule has 4 nitrogen and oxygen atoms in total. The summed E-state index contributed by atoms with van der Waals surface area (Å²) in [7, 11) is 4.05. The quantitative estimate of drug-likeness (QED) is 0.372. The van der Waals surface area contributed by atoms with Crippen LogP contribution in [0.4, 0.5) is 5.69 Å². The Hall–Kier alpha value is -2.21. The van der Waals surface area contributed by atoms with E-state index in [-0.39, 0.29) is 12.3 Å². The molecular weight excluding hydrogens is 497 g/mol. The number of hydrogen-bond donors (Lipinski definition) is 0. The van der Waals surface area contributed by atoms with Crippen LogP contribution in [0.3, 0.4) is 0 Å². The summed E-state index contributed by atoms with van der Waals surface area (Å²) in [6.45, 7) is 0. The van der Waals surface area contributed by atoms with Crippen LogP contribution in [0.5, 0.6) is 5.75 Å². The smallest absolute Gasteiger partial charge is 0.213 e. The first-order valence-electron chi connectivity index (χ1n) is 9.95. The van der Waals surface area contributed by atoms with E-state index in [1.54, 1.807) is 6.07 Å². The van der Waals surface area contributed by atoms with Crippen molar-refractivity contribution < 1.29 is 4.74 Å². The molecule has 31 heavy (non-hydrogen) atoms. The molecule has 0 amide bonds. The molecule has 0 saturated heterocycles. The van der Waals surface area contributed by atoms with Gasteiger partial charge in [0.2, 0.25) is 6.23 Å². The van der Waals surface area contributed by atoms with Gasteiger partial charge < -0.3 is 9.64 Å². The lowest BCUT2D eigenvalue weighted by Gasteiger charge is -2.38. The minimum Gasteiger partial charge on any atom is -0.463 e.